The van der Waals surface area contributed by atoms with Gasteiger partial charge in [-0.25, -0.2) is 4.79 Å². The zero-order chi connectivity index (χ0) is 13.1. The van der Waals surface area contributed by atoms with E-state index >= 15 is 0 Å². The Kier molecular flexibility index (Phi) is 4.05. The van der Waals surface area contributed by atoms with Crippen molar-refractivity contribution in [1.82, 2.24) is 4.90 Å². The van der Waals surface area contributed by atoms with Gasteiger partial charge in [-0.2, -0.15) is 0 Å². The Balaban J connectivity index is 2.68. The van der Waals surface area contributed by atoms with Crippen molar-refractivity contribution in [2.75, 3.05) is 20.2 Å². The van der Waals surface area contributed by atoms with Crippen LogP contribution in [-0.4, -0.2) is 42.4 Å². The van der Waals surface area contributed by atoms with E-state index < -0.39 is 11.2 Å². The second-order valence-electron chi connectivity index (χ2n) is 5.35. The Labute approximate surface area is 103 Å². The lowest BCUT2D eigenvalue weighted by atomic mass is 9.94. The summed E-state index contributed by atoms with van der Waals surface area (Å²) < 4.78 is 10.7. The Morgan fingerprint density at radius 1 is 1.47 bits per heavy atom. The zero-order valence-corrected chi connectivity index (χ0v) is 11.1. The number of carbonyl (C=O) groups is 1. The fraction of sp³-hybridized carbons (Fsp3) is 0.769. The summed E-state index contributed by atoms with van der Waals surface area (Å²) in [5.74, 6) is 2.64. The number of methoxy groups -OCH3 is 1. The van der Waals surface area contributed by atoms with E-state index in [1.807, 2.05) is 20.8 Å². The highest BCUT2D eigenvalue weighted by atomic mass is 16.6. The average Bonchev–Trinajstić information content (AvgIpc) is 2.27. The molecule has 0 aliphatic carbocycles. The molecule has 0 N–H and O–H groups in total. The van der Waals surface area contributed by atoms with Crippen LogP contribution in [0, 0.1) is 12.3 Å². The third kappa shape index (κ3) is 3.64. The number of likely N-dealkylation sites (tertiary alicyclic amines) is 1. The van der Waals surface area contributed by atoms with E-state index in [1.165, 1.54) is 0 Å². The lowest BCUT2D eigenvalue weighted by Gasteiger charge is -2.38. The van der Waals surface area contributed by atoms with Gasteiger partial charge in [0.25, 0.3) is 0 Å². The van der Waals surface area contributed by atoms with E-state index in [-0.39, 0.29) is 6.09 Å². The number of amides is 1. The fourth-order valence-corrected chi connectivity index (χ4v) is 1.85. The first-order valence-electron chi connectivity index (χ1n) is 5.83. The van der Waals surface area contributed by atoms with E-state index in [2.05, 4.69) is 5.92 Å². The molecule has 4 heteroatoms. The molecule has 0 aromatic heterocycles. The molecule has 96 valence electrons. The van der Waals surface area contributed by atoms with Crippen LogP contribution < -0.4 is 0 Å². The minimum absolute atomic E-state index is 0.325. The van der Waals surface area contributed by atoms with Crippen LogP contribution in [0.3, 0.4) is 0 Å². The molecule has 0 aromatic rings. The number of hydrogen-bond donors (Lipinski definition) is 0. The maximum atomic E-state index is 11.9. The van der Waals surface area contributed by atoms with Crippen molar-refractivity contribution >= 4 is 6.09 Å². The average molecular weight is 239 g/mol. The Morgan fingerprint density at radius 3 is 2.59 bits per heavy atom. The van der Waals surface area contributed by atoms with Crippen LogP contribution in [0.25, 0.3) is 0 Å². The Morgan fingerprint density at radius 2 is 2.12 bits per heavy atom. The van der Waals surface area contributed by atoms with E-state index in [4.69, 9.17) is 15.9 Å². The lowest BCUT2D eigenvalue weighted by molar-refractivity contribution is -0.0349. The standard InChI is InChI=1S/C13H21NO3/c1-6-13(16-5)8-7-9-14(10-13)11(15)17-12(2,3)4/h1H,7-10H2,2-5H3. The number of rotatable bonds is 1. The van der Waals surface area contributed by atoms with Crippen molar-refractivity contribution < 1.29 is 14.3 Å². The zero-order valence-electron chi connectivity index (χ0n) is 11.1. The van der Waals surface area contributed by atoms with Gasteiger partial charge in [0.1, 0.15) is 11.2 Å². The Hall–Kier alpha value is -1.21. The monoisotopic (exact) mass is 239 g/mol. The second-order valence-corrected chi connectivity index (χ2v) is 5.35. The number of ether oxygens (including phenoxy) is 2. The summed E-state index contributed by atoms with van der Waals surface area (Å²) in [6.45, 7) is 6.61. The summed E-state index contributed by atoms with van der Waals surface area (Å²) >= 11 is 0. The van der Waals surface area contributed by atoms with Crippen molar-refractivity contribution in [1.29, 1.82) is 0 Å². The number of hydrogen-bond acceptors (Lipinski definition) is 3. The predicted octanol–water partition coefficient (Wildman–Crippen LogP) is 2.04. The quantitative estimate of drug-likeness (QED) is 0.657. The highest BCUT2D eigenvalue weighted by molar-refractivity contribution is 5.68. The first kappa shape index (κ1) is 13.9. The van der Waals surface area contributed by atoms with E-state index in [1.54, 1.807) is 12.0 Å². The maximum absolute atomic E-state index is 11.9. The van der Waals surface area contributed by atoms with E-state index in [9.17, 15) is 4.79 Å². The van der Waals surface area contributed by atoms with E-state index in [0.717, 1.165) is 12.8 Å². The number of terminal acetylenes is 1. The van der Waals surface area contributed by atoms with Gasteiger partial charge in [0.15, 0.2) is 0 Å². The van der Waals surface area contributed by atoms with Crippen LogP contribution >= 0.6 is 0 Å². The molecule has 1 amide bonds. The first-order valence-corrected chi connectivity index (χ1v) is 5.83. The minimum Gasteiger partial charge on any atom is -0.444 e. The molecular formula is C13H21NO3. The van der Waals surface area contributed by atoms with Crippen LogP contribution in [0.1, 0.15) is 33.6 Å². The normalized spacial score (nSPS) is 25.2. The SMILES string of the molecule is C#CC1(OC)CCCN(C(=O)OC(C)(C)C)C1. The molecule has 17 heavy (non-hydrogen) atoms. The molecule has 1 aliphatic rings. The summed E-state index contributed by atoms with van der Waals surface area (Å²) in [6.07, 6.45) is 6.77. The van der Waals surface area contributed by atoms with Gasteiger partial charge in [-0.05, 0) is 33.6 Å². The number of carbonyl (C=O) groups excluding carboxylic acids is 1. The number of piperidine rings is 1. The van der Waals surface area contributed by atoms with Crippen LogP contribution in [0.5, 0.6) is 0 Å². The molecular weight excluding hydrogens is 218 g/mol. The molecule has 0 saturated carbocycles. The molecule has 1 atom stereocenters. The molecule has 1 rings (SSSR count). The molecule has 1 saturated heterocycles. The fourth-order valence-electron chi connectivity index (χ4n) is 1.85. The number of nitrogens with zero attached hydrogens (tertiary/aromatic N) is 1. The Bertz CT molecular complexity index is 327. The summed E-state index contributed by atoms with van der Waals surface area (Å²) in [5.41, 5.74) is -1.14. The van der Waals surface area contributed by atoms with E-state index in [0.29, 0.717) is 13.1 Å². The summed E-state index contributed by atoms with van der Waals surface area (Å²) in [7, 11) is 1.58. The van der Waals surface area contributed by atoms with Crippen molar-refractivity contribution in [3.8, 4) is 12.3 Å². The molecule has 0 spiro atoms. The molecule has 0 aromatic carbocycles. The summed E-state index contributed by atoms with van der Waals surface area (Å²) in [6, 6.07) is 0. The lowest BCUT2D eigenvalue weighted by Crippen LogP contribution is -2.51. The molecule has 0 radical (unpaired) electrons. The molecule has 0 bridgehead atoms. The van der Waals surface area contributed by atoms with Gasteiger partial charge in [0.05, 0.1) is 6.54 Å². The van der Waals surface area contributed by atoms with Gasteiger partial charge in [-0.3, -0.25) is 0 Å². The third-order valence-corrected chi connectivity index (χ3v) is 2.76. The van der Waals surface area contributed by atoms with Gasteiger partial charge in [-0.15, -0.1) is 6.42 Å². The smallest absolute Gasteiger partial charge is 0.410 e. The second kappa shape index (κ2) is 4.97. The topological polar surface area (TPSA) is 38.8 Å². The van der Waals surface area contributed by atoms with Crippen molar-refractivity contribution in [3.63, 3.8) is 0 Å². The molecule has 1 fully saturated rings. The highest BCUT2D eigenvalue weighted by Crippen LogP contribution is 2.25. The summed E-state index contributed by atoms with van der Waals surface area (Å²) in [5, 5.41) is 0. The van der Waals surface area contributed by atoms with Gasteiger partial charge >= 0.3 is 6.09 Å². The van der Waals surface area contributed by atoms with Crippen molar-refractivity contribution in [3.05, 3.63) is 0 Å². The molecule has 1 heterocycles. The van der Waals surface area contributed by atoms with Gasteiger partial charge < -0.3 is 14.4 Å². The molecule has 1 aliphatic heterocycles. The van der Waals surface area contributed by atoms with Crippen molar-refractivity contribution in [2.45, 2.75) is 44.8 Å². The minimum atomic E-state index is -0.658. The van der Waals surface area contributed by atoms with Crippen LogP contribution in [0.4, 0.5) is 4.79 Å². The van der Waals surface area contributed by atoms with Gasteiger partial charge in [0.2, 0.25) is 0 Å². The summed E-state index contributed by atoms with van der Waals surface area (Å²) in [4.78, 5) is 13.5. The molecule has 4 nitrogen and oxygen atoms in total. The predicted molar refractivity (Wildman–Crippen MR) is 65.6 cm³/mol. The largest absolute Gasteiger partial charge is 0.444 e. The van der Waals surface area contributed by atoms with Gasteiger partial charge in [0, 0.05) is 13.7 Å². The van der Waals surface area contributed by atoms with Gasteiger partial charge in [-0.1, -0.05) is 5.92 Å². The molecule has 1 unspecified atom stereocenters. The highest BCUT2D eigenvalue weighted by Gasteiger charge is 2.37. The maximum Gasteiger partial charge on any atom is 0.410 e. The van der Waals surface area contributed by atoms with Crippen LogP contribution in [-0.2, 0) is 9.47 Å². The first-order chi connectivity index (χ1) is 7.82. The third-order valence-electron chi connectivity index (χ3n) is 2.76. The van der Waals surface area contributed by atoms with Crippen LogP contribution in [0.15, 0.2) is 0 Å². The van der Waals surface area contributed by atoms with Crippen LogP contribution in [0.2, 0.25) is 0 Å². The van der Waals surface area contributed by atoms with Crippen molar-refractivity contribution in [2.24, 2.45) is 0 Å².